The smallest absolute Gasteiger partial charge is 0.429 e. The molecule has 5 nitrogen and oxygen atoms in total. The van der Waals surface area contributed by atoms with E-state index in [9.17, 15) is 35.9 Å². The molecule has 0 heterocycles. The molecule has 1 N–H and O–H groups in total. The monoisotopic (exact) mass is 354 g/mol. The Morgan fingerprint density at radius 1 is 0.957 bits per heavy atom. The Hall–Kier alpha value is -1.52. The van der Waals surface area contributed by atoms with Gasteiger partial charge >= 0.3 is 24.3 Å². The Balaban J connectivity index is 4.73. The van der Waals surface area contributed by atoms with Gasteiger partial charge in [0.05, 0.1) is 5.41 Å². The van der Waals surface area contributed by atoms with Crippen LogP contribution in [0.15, 0.2) is 0 Å². The lowest BCUT2D eigenvalue weighted by Crippen LogP contribution is -2.60. The molecule has 0 aliphatic heterocycles. The van der Waals surface area contributed by atoms with Crippen molar-refractivity contribution in [3.05, 3.63) is 0 Å². The summed E-state index contributed by atoms with van der Waals surface area (Å²) in [6, 6.07) is 0. The molecular formula is C12H16F6O5. The molecule has 11 heteroatoms. The number of esters is 2. The van der Waals surface area contributed by atoms with Crippen molar-refractivity contribution < 1.29 is 50.5 Å². The van der Waals surface area contributed by atoms with Gasteiger partial charge in [-0.2, -0.15) is 26.3 Å². The van der Waals surface area contributed by atoms with Gasteiger partial charge < -0.3 is 14.6 Å². The van der Waals surface area contributed by atoms with E-state index in [1.54, 1.807) is 6.92 Å². The molecule has 0 unspecified atom stereocenters. The van der Waals surface area contributed by atoms with Crippen LogP contribution in [-0.2, 0) is 19.1 Å². The van der Waals surface area contributed by atoms with Crippen LogP contribution in [0.3, 0.4) is 0 Å². The Morgan fingerprint density at radius 3 is 1.74 bits per heavy atom. The first-order valence-electron chi connectivity index (χ1n) is 6.27. The standard InChI is InChI=1S/C12H16F6O5/c1-4-9(2,3)8(20)22-5-7(19)23-6-10(21,11(13,14)15)12(16,17)18/h21H,4-6H2,1-3H3. The van der Waals surface area contributed by atoms with Crippen LogP contribution in [0.4, 0.5) is 26.3 Å². The van der Waals surface area contributed by atoms with Crippen LogP contribution >= 0.6 is 0 Å². The highest BCUT2D eigenvalue weighted by atomic mass is 19.4. The van der Waals surface area contributed by atoms with Crippen molar-refractivity contribution in [2.24, 2.45) is 5.41 Å². The van der Waals surface area contributed by atoms with E-state index in [0.29, 0.717) is 6.42 Å². The van der Waals surface area contributed by atoms with Gasteiger partial charge in [0.2, 0.25) is 0 Å². The maximum Gasteiger partial charge on any atom is 0.429 e. The maximum absolute atomic E-state index is 12.3. The Labute approximate surface area is 127 Å². The fourth-order valence-electron chi connectivity index (χ4n) is 1.02. The van der Waals surface area contributed by atoms with E-state index in [1.807, 2.05) is 0 Å². The van der Waals surface area contributed by atoms with Crippen molar-refractivity contribution in [3.8, 4) is 0 Å². The van der Waals surface area contributed by atoms with Crippen LogP contribution in [0.5, 0.6) is 0 Å². The van der Waals surface area contributed by atoms with E-state index in [0.717, 1.165) is 0 Å². The molecular weight excluding hydrogens is 338 g/mol. The lowest BCUT2D eigenvalue weighted by Gasteiger charge is -2.31. The molecule has 0 saturated heterocycles. The van der Waals surface area contributed by atoms with Crippen LogP contribution in [0.1, 0.15) is 27.2 Å². The highest BCUT2D eigenvalue weighted by Gasteiger charge is 2.71. The third kappa shape index (κ3) is 5.26. The van der Waals surface area contributed by atoms with Crippen LogP contribution in [0.25, 0.3) is 0 Å². The summed E-state index contributed by atoms with van der Waals surface area (Å²) in [6.45, 7) is 0.993. The van der Waals surface area contributed by atoms with Crippen LogP contribution < -0.4 is 0 Å². The molecule has 0 bridgehead atoms. The molecule has 0 rings (SSSR count). The molecule has 23 heavy (non-hydrogen) atoms. The second-order valence-corrected chi connectivity index (χ2v) is 5.33. The molecule has 0 aromatic carbocycles. The number of halogens is 6. The number of carbonyl (C=O) groups excluding carboxylic acids is 2. The number of carbonyl (C=O) groups is 2. The average molecular weight is 354 g/mol. The van der Waals surface area contributed by atoms with E-state index in [4.69, 9.17) is 5.11 Å². The summed E-state index contributed by atoms with van der Waals surface area (Å²) in [5.74, 6) is -2.53. The van der Waals surface area contributed by atoms with Gasteiger partial charge in [-0.3, -0.25) is 4.79 Å². The molecule has 0 aromatic heterocycles. The highest BCUT2D eigenvalue weighted by Crippen LogP contribution is 2.43. The molecule has 0 spiro atoms. The first kappa shape index (κ1) is 21.5. The maximum atomic E-state index is 12.3. The largest absolute Gasteiger partial charge is 0.459 e. The zero-order valence-electron chi connectivity index (χ0n) is 12.5. The summed E-state index contributed by atoms with van der Waals surface area (Å²) < 4.78 is 82.1. The summed E-state index contributed by atoms with van der Waals surface area (Å²) in [7, 11) is 0. The third-order valence-corrected chi connectivity index (χ3v) is 3.14. The average Bonchev–Trinajstić information content (AvgIpc) is 2.39. The fourth-order valence-corrected chi connectivity index (χ4v) is 1.02. The second-order valence-electron chi connectivity index (χ2n) is 5.33. The van der Waals surface area contributed by atoms with E-state index in [1.165, 1.54) is 13.8 Å². The summed E-state index contributed by atoms with van der Waals surface area (Å²) >= 11 is 0. The van der Waals surface area contributed by atoms with Crippen molar-refractivity contribution >= 4 is 11.9 Å². The van der Waals surface area contributed by atoms with Crippen molar-refractivity contribution in [3.63, 3.8) is 0 Å². The zero-order chi connectivity index (χ0) is 18.7. The van der Waals surface area contributed by atoms with Gasteiger partial charge in [0.25, 0.3) is 5.60 Å². The normalized spacial score (nSPS) is 13.7. The van der Waals surface area contributed by atoms with Crippen molar-refractivity contribution in [2.75, 3.05) is 13.2 Å². The van der Waals surface area contributed by atoms with E-state index < -0.39 is 48.5 Å². The third-order valence-electron chi connectivity index (χ3n) is 3.14. The summed E-state index contributed by atoms with van der Waals surface area (Å²) in [6.07, 6.45) is -11.9. The number of alkyl halides is 6. The Morgan fingerprint density at radius 2 is 1.39 bits per heavy atom. The number of rotatable bonds is 6. The predicted molar refractivity (Wildman–Crippen MR) is 63.0 cm³/mol. The molecule has 136 valence electrons. The molecule has 0 aliphatic carbocycles. The van der Waals surface area contributed by atoms with Crippen LogP contribution in [0, 0.1) is 5.41 Å². The van der Waals surface area contributed by atoms with Gasteiger partial charge in [-0.15, -0.1) is 0 Å². The van der Waals surface area contributed by atoms with Gasteiger partial charge in [-0.05, 0) is 20.3 Å². The topological polar surface area (TPSA) is 72.8 Å². The Kier molecular flexibility index (Phi) is 6.48. The first-order valence-corrected chi connectivity index (χ1v) is 6.27. The van der Waals surface area contributed by atoms with Gasteiger partial charge in [0.1, 0.15) is 6.61 Å². The van der Waals surface area contributed by atoms with Crippen molar-refractivity contribution in [1.29, 1.82) is 0 Å². The lowest BCUT2D eigenvalue weighted by atomic mass is 9.91. The highest BCUT2D eigenvalue weighted by molar-refractivity contribution is 5.79. The summed E-state index contributed by atoms with van der Waals surface area (Å²) in [5, 5.41) is 8.74. The summed E-state index contributed by atoms with van der Waals surface area (Å²) in [5.41, 5.74) is -6.19. The van der Waals surface area contributed by atoms with Crippen LogP contribution in [-0.4, -0.2) is 48.2 Å². The molecule has 0 fully saturated rings. The van der Waals surface area contributed by atoms with E-state index >= 15 is 0 Å². The van der Waals surface area contributed by atoms with Crippen molar-refractivity contribution in [2.45, 2.75) is 45.1 Å². The molecule has 0 saturated carbocycles. The molecule has 0 aliphatic rings. The van der Waals surface area contributed by atoms with Gasteiger partial charge in [-0.1, -0.05) is 6.92 Å². The minimum atomic E-state index is -6.10. The molecule has 0 amide bonds. The number of hydrogen-bond acceptors (Lipinski definition) is 5. The van der Waals surface area contributed by atoms with Crippen LogP contribution in [0.2, 0.25) is 0 Å². The quantitative estimate of drug-likeness (QED) is 0.586. The van der Waals surface area contributed by atoms with Crippen molar-refractivity contribution in [1.82, 2.24) is 0 Å². The van der Waals surface area contributed by atoms with Gasteiger partial charge in [0.15, 0.2) is 6.61 Å². The number of ether oxygens (including phenoxy) is 2. The first-order chi connectivity index (χ1) is 10.1. The molecule has 0 radical (unpaired) electrons. The molecule has 0 atom stereocenters. The minimum absolute atomic E-state index is 0.322. The number of aliphatic hydroxyl groups is 1. The zero-order valence-corrected chi connectivity index (χ0v) is 12.5. The van der Waals surface area contributed by atoms with E-state index in [-0.39, 0.29) is 0 Å². The number of hydrogen-bond donors (Lipinski definition) is 1. The molecule has 0 aromatic rings. The fraction of sp³-hybridized carbons (Fsp3) is 0.833. The predicted octanol–water partition coefficient (Wildman–Crippen LogP) is 2.36. The van der Waals surface area contributed by atoms with E-state index in [2.05, 4.69) is 9.47 Å². The lowest BCUT2D eigenvalue weighted by molar-refractivity contribution is -0.375. The Bertz CT molecular complexity index is 426. The SMILES string of the molecule is CCC(C)(C)C(=O)OCC(=O)OCC(O)(C(F)(F)F)C(F)(F)F. The van der Waals surface area contributed by atoms with Gasteiger partial charge in [-0.25, -0.2) is 4.79 Å². The second kappa shape index (κ2) is 6.93. The van der Waals surface area contributed by atoms with Gasteiger partial charge in [0, 0.05) is 0 Å². The minimum Gasteiger partial charge on any atom is -0.459 e. The summed E-state index contributed by atoms with van der Waals surface area (Å²) in [4.78, 5) is 22.6.